The SMILES string of the molecule is CC(C)(C)c1ncc(C(=O)NC(C=CS(C)(=O)=O)CC(F)F)c(Oc2ccccc2)n1. The van der Waals surface area contributed by atoms with Crippen molar-refractivity contribution in [3.63, 3.8) is 0 Å². The van der Waals surface area contributed by atoms with E-state index in [0.29, 0.717) is 11.6 Å². The summed E-state index contributed by atoms with van der Waals surface area (Å²) in [5.41, 5.74) is -0.496. The number of nitrogens with zero attached hydrogens (tertiary/aromatic N) is 2. The van der Waals surface area contributed by atoms with Crippen LogP contribution in [0.5, 0.6) is 11.6 Å². The minimum Gasteiger partial charge on any atom is -0.438 e. The lowest BCUT2D eigenvalue weighted by atomic mass is 9.95. The molecule has 2 aromatic rings. The molecule has 0 aliphatic rings. The zero-order valence-corrected chi connectivity index (χ0v) is 18.5. The van der Waals surface area contributed by atoms with Crippen molar-refractivity contribution in [2.24, 2.45) is 0 Å². The summed E-state index contributed by atoms with van der Waals surface area (Å²) < 4.78 is 54.3. The molecule has 0 spiro atoms. The minimum atomic E-state index is -3.55. The van der Waals surface area contributed by atoms with Crippen molar-refractivity contribution in [1.29, 1.82) is 0 Å². The Morgan fingerprint density at radius 2 is 1.87 bits per heavy atom. The Bertz CT molecular complexity index is 1040. The van der Waals surface area contributed by atoms with Gasteiger partial charge in [-0.25, -0.2) is 22.2 Å². The summed E-state index contributed by atoms with van der Waals surface area (Å²) in [4.78, 5) is 21.4. The number of carbonyl (C=O) groups excluding carboxylic acids is 1. The Hall–Kier alpha value is -2.88. The Labute approximate surface area is 180 Å². The molecular formula is C21H25F2N3O4S. The molecule has 2 rings (SSSR count). The smallest absolute Gasteiger partial charge is 0.258 e. The number of para-hydroxylation sites is 1. The van der Waals surface area contributed by atoms with E-state index in [4.69, 9.17) is 4.74 Å². The first kappa shape index (κ1) is 24.4. The van der Waals surface area contributed by atoms with Crippen LogP contribution in [-0.4, -0.2) is 43.0 Å². The van der Waals surface area contributed by atoms with Gasteiger partial charge in [0.25, 0.3) is 5.91 Å². The number of alkyl halides is 2. The average Bonchev–Trinajstić information content (AvgIpc) is 2.65. The van der Waals surface area contributed by atoms with Gasteiger partial charge in [-0.05, 0) is 12.1 Å². The highest BCUT2D eigenvalue weighted by Gasteiger charge is 2.24. The fraction of sp³-hybridized carbons (Fsp3) is 0.381. The highest BCUT2D eigenvalue weighted by Crippen LogP contribution is 2.27. The molecule has 1 heterocycles. The first-order valence-corrected chi connectivity index (χ1v) is 11.4. The van der Waals surface area contributed by atoms with E-state index in [9.17, 15) is 22.0 Å². The number of ether oxygens (including phenoxy) is 1. The molecule has 0 saturated heterocycles. The lowest BCUT2D eigenvalue weighted by Crippen LogP contribution is -2.35. The number of nitrogens with one attached hydrogen (secondary N) is 1. The van der Waals surface area contributed by atoms with Gasteiger partial charge in [0.2, 0.25) is 12.3 Å². The van der Waals surface area contributed by atoms with Gasteiger partial charge in [0.05, 0.1) is 6.04 Å². The third kappa shape index (κ3) is 8.05. The fourth-order valence-electron chi connectivity index (χ4n) is 2.42. The number of benzene rings is 1. The van der Waals surface area contributed by atoms with E-state index in [0.717, 1.165) is 17.7 Å². The maximum atomic E-state index is 12.9. The third-order valence-corrected chi connectivity index (χ3v) is 4.59. The predicted molar refractivity (Wildman–Crippen MR) is 113 cm³/mol. The number of hydrogen-bond acceptors (Lipinski definition) is 6. The van der Waals surface area contributed by atoms with Crippen molar-refractivity contribution in [1.82, 2.24) is 15.3 Å². The van der Waals surface area contributed by atoms with Crippen LogP contribution in [0.25, 0.3) is 0 Å². The van der Waals surface area contributed by atoms with Gasteiger partial charge in [0.15, 0.2) is 9.84 Å². The molecule has 168 valence electrons. The summed E-state index contributed by atoms with van der Waals surface area (Å²) in [7, 11) is -3.55. The zero-order chi connectivity index (χ0) is 23.2. The molecule has 1 amide bonds. The Kier molecular flexibility index (Phi) is 7.83. The molecule has 1 unspecified atom stereocenters. The first-order chi connectivity index (χ1) is 14.3. The molecular weight excluding hydrogens is 428 g/mol. The molecule has 0 bridgehead atoms. The summed E-state index contributed by atoms with van der Waals surface area (Å²) in [6, 6.07) is 7.42. The van der Waals surface area contributed by atoms with Gasteiger partial charge in [0.1, 0.15) is 17.1 Å². The van der Waals surface area contributed by atoms with E-state index in [1.807, 2.05) is 20.8 Å². The summed E-state index contributed by atoms with van der Waals surface area (Å²) in [6.07, 6.45) is -0.306. The van der Waals surface area contributed by atoms with Gasteiger partial charge in [-0.1, -0.05) is 45.0 Å². The number of halogens is 2. The van der Waals surface area contributed by atoms with Crippen molar-refractivity contribution in [3.8, 4) is 11.6 Å². The van der Waals surface area contributed by atoms with E-state index in [-0.39, 0.29) is 11.4 Å². The van der Waals surface area contributed by atoms with E-state index < -0.39 is 40.0 Å². The molecule has 7 nitrogen and oxygen atoms in total. The summed E-state index contributed by atoms with van der Waals surface area (Å²) in [6.45, 7) is 5.68. The van der Waals surface area contributed by atoms with Crippen molar-refractivity contribution in [2.45, 2.75) is 45.1 Å². The van der Waals surface area contributed by atoms with Gasteiger partial charge in [-0.15, -0.1) is 0 Å². The number of hydrogen-bond donors (Lipinski definition) is 1. The van der Waals surface area contributed by atoms with Crippen molar-refractivity contribution in [2.75, 3.05) is 6.26 Å². The largest absolute Gasteiger partial charge is 0.438 e. The number of rotatable bonds is 8. The number of carbonyl (C=O) groups is 1. The second-order valence-electron chi connectivity index (χ2n) is 7.94. The fourth-order valence-corrected chi connectivity index (χ4v) is 2.90. The summed E-state index contributed by atoms with van der Waals surface area (Å²) in [5, 5.41) is 3.17. The molecule has 0 radical (unpaired) electrons. The second kappa shape index (κ2) is 9.95. The van der Waals surface area contributed by atoms with Crippen LogP contribution < -0.4 is 10.1 Å². The highest BCUT2D eigenvalue weighted by atomic mass is 32.2. The first-order valence-electron chi connectivity index (χ1n) is 9.43. The molecule has 31 heavy (non-hydrogen) atoms. The molecule has 1 N–H and O–H groups in total. The number of sulfone groups is 1. The third-order valence-electron chi connectivity index (χ3n) is 3.93. The van der Waals surface area contributed by atoms with Crippen molar-refractivity contribution >= 4 is 15.7 Å². The van der Waals surface area contributed by atoms with Crippen LogP contribution in [0.3, 0.4) is 0 Å². The summed E-state index contributed by atoms with van der Waals surface area (Å²) in [5.74, 6) is 0.0500. The van der Waals surface area contributed by atoms with Crippen molar-refractivity contribution < 1.29 is 26.7 Å². The molecule has 0 aliphatic carbocycles. The molecule has 1 atom stereocenters. The second-order valence-corrected chi connectivity index (χ2v) is 9.87. The van der Waals surface area contributed by atoms with Crippen LogP contribution in [0, 0.1) is 0 Å². The summed E-state index contributed by atoms with van der Waals surface area (Å²) >= 11 is 0. The Morgan fingerprint density at radius 1 is 1.23 bits per heavy atom. The standard InChI is InChI=1S/C21H25F2N3O4S/c1-21(2,3)20-24-13-16(19(26-20)30-15-8-6-5-7-9-15)18(27)25-14(12-17(22)23)10-11-31(4,28)29/h5-11,13-14,17H,12H2,1-4H3,(H,25,27). The van der Waals surface area contributed by atoms with E-state index in [1.54, 1.807) is 30.3 Å². The predicted octanol–water partition coefficient (Wildman–Crippen LogP) is 3.88. The molecule has 1 aromatic carbocycles. The lowest BCUT2D eigenvalue weighted by Gasteiger charge is -2.20. The van der Waals surface area contributed by atoms with Gasteiger partial charge in [-0.2, -0.15) is 4.98 Å². The van der Waals surface area contributed by atoms with E-state index in [2.05, 4.69) is 15.3 Å². The monoisotopic (exact) mass is 453 g/mol. The van der Waals surface area contributed by atoms with Crippen LogP contribution in [0.15, 0.2) is 48.0 Å². The molecule has 10 heteroatoms. The molecule has 1 aromatic heterocycles. The normalized spacial score (nSPS) is 13.4. The minimum absolute atomic E-state index is 0.0356. The molecule has 0 aliphatic heterocycles. The van der Waals surface area contributed by atoms with Gasteiger partial charge < -0.3 is 10.1 Å². The van der Waals surface area contributed by atoms with Crippen LogP contribution >= 0.6 is 0 Å². The highest BCUT2D eigenvalue weighted by molar-refractivity contribution is 7.93. The number of aromatic nitrogens is 2. The van der Waals surface area contributed by atoms with Crippen LogP contribution in [0.4, 0.5) is 8.78 Å². The molecule has 0 saturated carbocycles. The zero-order valence-electron chi connectivity index (χ0n) is 17.7. The molecule has 0 fully saturated rings. The Morgan fingerprint density at radius 3 is 2.42 bits per heavy atom. The van der Waals surface area contributed by atoms with E-state index in [1.165, 1.54) is 6.20 Å². The van der Waals surface area contributed by atoms with Crippen molar-refractivity contribution in [3.05, 3.63) is 59.4 Å². The van der Waals surface area contributed by atoms with Crippen LogP contribution in [-0.2, 0) is 15.3 Å². The quantitative estimate of drug-likeness (QED) is 0.651. The van der Waals surface area contributed by atoms with E-state index >= 15 is 0 Å². The maximum Gasteiger partial charge on any atom is 0.258 e. The lowest BCUT2D eigenvalue weighted by molar-refractivity contribution is 0.0906. The Balaban J connectivity index is 2.39. The van der Waals surface area contributed by atoms with Gasteiger partial charge in [-0.3, -0.25) is 4.79 Å². The average molecular weight is 454 g/mol. The van der Waals surface area contributed by atoms with Crippen LogP contribution in [0.2, 0.25) is 0 Å². The van der Waals surface area contributed by atoms with Gasteiger partial charge in [0, 0.05) is 29.7 Å². The van der Waals surface area contributed by atoms with Gasteiger partial charge >= 0.3 is 0 Å². The topological polar surface area (TPSA) is 98.2 Å². The maximum absolute atomic E-state index is 12.9. The van der Waals surface area contributed by atoms with Crippen LogP contribution in [0.1, 0.15) is 43.4 Å². The number of amides is 1.